The molecule has 0 aliphatic carbocycles. The Labute approximate surface area is 109 Å². The molecule has 0 aromatic heterocycles. The van der Waals surface area contributed by atoms with E-state index in [-0.39, 0.29) is 6.61 Å². The zero-order chi connectivity index (χ0) is 12.8. The molecule has 0 amide bonds. The lowest BCUT2D eigenvalue weighted by Crippen LogP contribution is -2.26. The van der Waals surface area contributed by atoms with Crippen LogP contribution in [0.1, 0.15) is 25.3 Å². The second-order valence-corrected chi connectivity index (χ2v) is 5.08. The molecular formula is C15H23NO2. The molecule has 100 valence electrons. The molecule has 3 heteroatoms. The molecule has 18 heavy (non-hydrogen) atoms. The predicted octanol–water partition coefficient (Wildman–Crippen LogP) is 2.45. The Bertz CT molecular complexity index is 361. The average molecular weight is 249 g/mol. The van der Waals surface area contributed by atoms with Gasteiger partial charge in [0.1, 0.15) is 0 Å². The summed E-state index contributed by atoms with van der Waals surface area (Å²) in [4.78, 5) is 0. The van der Waals surface area contributed by atoms with Crippen molar-refractivity contribution >= 4 is 5.69 Å². The Balaban J connectivity index is 1.91. The first-order valence-electron chi connectivity index (χ1n) is 6.83. The van der Waals surface area contributed by atoms with Crippen molar-refractivity contribution in [2.45, 2.75) is 32.2 Å². The van der Waals surface area contributed by atoms with E-state index in [2.05, 4.69) is 36.5 Å². The highest BCUT2D eigenvalue weighted by atomic mass is 16.5. The minimum Gasteiger partial charge on any atom is -0.396 e. The van der Waals surface area contributed by atoms with Gasteiger partial charge in [-0.15, -0.1) is 0 Å². The van der Waals surface area contributed by atoms with E-state index in [1.165, 1.54) is 11.3 Å². The Kier molecular flexibility index (Phi) is 5.02. The normalized spacial score (nSPS) is 20.9. The van der Waals surface area contributed by atoms with Gasteiger partial charge in [0.15, 0.2) is 0 Å². The number of hydrogen-bond acceptors (Lipinski definition) is 3. The molecular weight excluding hydrogens is 226 g/mol. The first-order chi connectivity index (χ1) is 8.79. The van der Waals surface area contributed by atoms with E-state index in [1.807, 2.05) is 0 Å². The fraction of sp³-hybridized carbons (Fsp3) is 0.600. The highest BCUT2D eigenvalue weighted by Crippen LogP contribution is 2.21. The van der Waals surface area contributed by atoms with Gasteiger partial charge in [-0.05, 0) is 43.9 Å². The Morgan fingerprint density at radius 3 is 3.11 bits per heavy atom. The summed E-state index contributed by atoms with van der Waals surface area (Å²) >= 11 is 0. The Hall–Kier alpha value is -1.06. The second kappa shape index (κ2) is 6.76. The van der Waals surface area contributed by atoms with Gasteiger partial charge in [0.2, 0.25) is 0 Å². The van der Waals surface area contributed by atoms with E-state index in [4.69, 9.17) is 9.84 Å². The molecule has 1 aromatic carbocycles. The zero-order valence-corrected chi connectivity index (χ0v) is 11.1. The smallest absolute Gasteiger partial charge is 0.0514 e. The third-order valence-electron chi connectivity index (χ3n) is 3.62. The van der Waals surface area contributed by atoms with Crippen molar-refractivity contribution in [1.29, 1.82) is 0 Å². The molecule has 2 rings (SSSR count). The molecule has 0 bridgehead atoms. The van der Waals surface area contributed by atoms with Crippen molar-refractivity contribution in [3.63, 3.8) is 0 Å². The number of hydrogen-bond donors (Lipinski definition) is 2. The average Bonchev–Trinajstić information content (AvgIpc) is 2.91. The maximum atomic E-state index is 8.86. The molecule has 1 aliphatic rings. The van der Waals surface area contributed by atoms with Gasteiger partial charge in [0, 0.05) is 30.9 Å². The van der Waals surface area contributed by atoms with Gasteiger partial charge in [-0.3, -0.25) is 0 Å². The van der Waals surface area contributed by atoms with Gasteiger partial charge in [-0.25, -0.2) is 0 Å². The molecule has 0 radical (unpaired) electrons. The third kappa shape index (κ3) is 3.72. The van der Waals surface area contributed by atoms with Crippen molar-refractivity contribution in [3.8, 4) is 0 Å². The summed E-state index contributed by atoms with van der Waals surface area (Å²) in [5.74, 6) is 0.617. The summed E-state index contributed by atoms with van der Waals surface area (Å²) in [7, 11) is 0. The second-order valence-electron chi connectivity index (χ2n) is 5.08. The SMILES string of the molecule is CC(Nc1cccc(CCCO)c1)C1CCOC1. The molecule has 3 nitrogen and oxygen atoms in total. The lowest BCUT2D eigenvalue weighted by atomic mass is 10.00. The van der Waals surface area contributed by atoms with Crippen LogP contribution in [-0.4, -0.2) is 31.0 Å². The lowest BCUT2D eigenvalue weighted by molar-refractivity contribution is 0.183. The first-order valence-corrected chi connectivity index (χ1v) is 6.83. The van der Waals surface area contributed by atoms with Crippen molar-refractivity contribution in [2.75, 3.05) is 25.1 Å². The van der Waals surface area contributed by atoms with Gasteiger partial charge in [0.05, 0.1) is 6.61 Å². The van der Waals surface area contributed by atoms with Gasteiger partial charge in [0.25, 0.3) is 0 Å². The summed E-state index contributed by atoms with van der Waals surface area (Å²) in [6.45, 7) is 4.25. The van der Waals surface area contributed by atoms with Crippen molar-refractivity contribution in [1.82, 2.24) is 0 Å². The lowest BCUT2D eigenvalue weighted by Gasteiger charge is -2.20. The van der Waals surface area contributed by atoms with E-state index in [0.29, 0.717) is 12.0 Å². The first kappa shape index (κ1) is 13.4. The van der Waals surface area contributed by atoms with E-state index >= 15 is 0 Å². The highest BCUT2D eigenvalue weighted by molar-refractivity contribution is 5.46. The van der Waals surface area contributed by atoms with E-state index in [1.54, 1.807) is 0 Å². The molecule has 1 aliphatic heterocycles. The third-order valence-corrected chi connectivity index (χ3v) is 3.62. The summed E-state index contributed by atoms with van der Waals surface area (Å²) in [5, 5.41) is 12.4. The monoisotopic (exact) mass is 249 g/mol. The number of nitrogens with one attached hydrogen (secondary N) is 1. The number of anilines is 1. The van der Waals surface area contributed by atoms with Crippen LogP contribution in [0.4, 0.5) is 5.69 Å². The summed E-state index contributed by atoms with van der Waals surface area (Å²) in [6.07, 6.45) is 2.92. The summed E-state index contributed by atoms with van der Waals surface area (Å²) < 4.78 is 5.42. The molecule has 1 fully saturated rings. The number of rotatable bonds is 6. The van der Waals surface area contributed by atoms with Crippen LogP contribution >= 0.6 is 0 Å². The van der Waals surface area contributed by atoms with Crippen molar-refractivity contribution < 1.29 is 9.84 Å². The van der Waals surface area contributed by atoms with Crippen LogP contribution in [0.5, 0.6) is 0 Å². The molecule has 1 aromatic rings. The minimum atomic E-state index is 0.257. The highest BCUT2D eigenvalue weighted by Gasteiger charge is 2.21. The van der Waals surface area contributed by atoms with Crippen molar-refractivity contribution in [2.24, 2.45) is 5.92 Å². The molecule has 0 saturated carbocycles. The van der Waals surface area contributed by atoms with Gasteiger partial charge >= 0.3 is 0 Å². The van der Waals surface area contributed by atoms with E-state index in [9.17, 15) is 0 Å². The predicted molar refractivity (Wildman–Crippen MR) is 73.9 cm³/mol. The molecule has 2 atom stereocenters. The van der Waals surface area contributed by atoms with Crippen LogP contribution < -0.4 is 5.32 Å². The standard InChI is InChI=1S/C15H23NO2/c1-12(14-7-9-18-11-14)16-15-6-2-4-13(10-15)5-3-8-17/h2,4,6,10,12,14,16-17H,3,5,7-9,11H2,1H3. The van der Waals surface area contributed by atoms with Crippen LogP contribution in [0.25, 0.3) is 0 Å². The molecule has 1 heterocycles. The number of benzene rings is 1. The number of ether oxygens (including phenoxy) is 1. The molecule has 2 N–H and O–H groups in total. The van der Waals surface area contributed by atoms with Crippen LogP contribution in [0.3, 0.4) is 0 Å². The van der Waals surface area contributed by atoms with Crippen LogP contribution in [0, 0.1) is 5.92 Å². The minimum absolute atomic E-state index is 0.257. The maximum Gasteiger partial charge on any atom is 0.0514 e. The van der Waals surface area contributed by atoms with E-state index in [0.717, 1.165) is 32.5 Å². The van der Waals surface area contributed by atoms with Gasteiger partial charge in [-0.2, -0.15) is 0 Å². The molecule has 0 spiro atoms. The fourth-order valence-corrected chi connectivity index (χ4v) is 2.43. The summed E-state index contributed by atoms with van der Waals surface area (Å²) in [6, 6.07) is 8.92. The Morgan fingerprint density at radius 1 is 1.50 bits per heavy atom. The Morgan fingerprint density at radius 2 is 2.39 bits per heavy atom. The van der Waals surface area contributed by atoms with Gasteiger partial charge < -0.3 is 15.2 Å². The zero-order valence-electron chi connectivity index (χ0n) is 11.1. The fourth-order valence-electron chi connectivity index (χ4n) is 2.43. The number of aliphatic hydroxyl groups excluding tert-OH is 1. The maximum absolute atomic E-state index is 8.86. The van der Waals surface area contributed by atoms with Crippen molar-refractivity contribution in [3.05, 3.63) is 29.8 Å². The van der Waals surface area contributed by atoms with Crippen LogP contribution in [0.2, 0.25) is 0 Å². The van der Waals surface area contributed by atoms with E-state index < -0.39 is 0 Å². The molecule has 1 saturated heterocycles. The van der Waals surface area contributed by atoms with Crippen LogP contribution in [0.15, 0.2) is 24.3 Å². The van der Waals surface area contributed by atoms with Crippen LogP contribution in [-0.2, 0) is 11.2 Å². The number of aliphatic hydroxyl groups is 1. The quantitative estimate of drug-likeness (QED) is 0.813. The summed E-state index contributed by atoms with van der Waals surface area (Å²) in [5.41, 5.74) is 2.45. The number of aryl methyl sites for hydroxylation is 1. The topological polar surface area (TPSA) is 41.5 Å². The largest absolute Gasteiger partial charge is 0.396 e. The molecule has 2 unspecified atom stereocenters. The van der Waals surface area contributed by atoms with Gasteiger partial charge in [-0.1, -0.05) is 12.1 Å².